The van der Waals surface area contributed by atoms with Gasteiger partial charge in [-0.05, 0) is 23.6 Å². The fourth-order valence-electron chi connectivity index (χ4n) is 2.12. The van der Waals surface area contributed by atoms with Crippen molar-refractivity contribution in [2.45, 2.75) is 39.3 Å². The molecule has 2 atom stereocenters. The van der Waals surface area contributed by atoms with Crippen molar-refractivity contribution in [2.75, 3.05) is 0 Å². The summed E-state index contributed by atoms with van der Waals surface area (Å²) in [7, 11) is 0. The molecule has 0 aromatic heterocycles. The molecule has 0 heterocycles. The predicted octanol–water partition coefficient (Wildman–Crippen LogP) is 2.27. The van der Waals surface area contributed by atoms with Gasteiger partial charge in [-0.25, -0.2) is 4.79 Å². The highest BCUT2D eigenvalue weighted by atomic mass is 35.5. The van der Waals surface area contributed by atoms with E-state index in [0.29, 0.717) is 15.6 Å². The highest BCUT2D eigenvalue weighted by Gasteiger charge is 2.28. The Morgan fingerprint density at radius 1 is 1.17 bits per heavy atom. The molecule has 0 saturated carbocycles. The lowest BCUT2D eigenvalue weighted by Crippen LogP contribution is -2.53. The van der Waals surface area contributed by atoms with Crippen LogP contribution in [0.15, 0.2) is 18.2 Å². The molecular formula is C16H20Cl2N2O4. The van der Waals surface area contributed by atoms with E-state index in [0.717, 1.165) is 0 Å². The van der Waals surface area contributed by atoms with E-state index in [1.807, 2.05) is 0 Å². The van der Waals surface area contributed by atoms with Crippen LogP contribution in [0.4, 0.5) is 0 Å². The van der Waals surface area contributed by atoms with Gasteiger partial charge < -0.3 is 15.7 Å². The highest BCUT2D eigenvalue weighted by molar-refractivity contribution is 6.35. The van der Waals surface area contributed by atoms with Crippen molar-refractivity contribution < 1.29 is 19.5 Å². The molecule has 0 aliphatic heterocycles. The molecule has 1 rings (SSSR count). The van der Waals surface area contributed by atoms with Crippen LogP contribution in [0.25, 0.3) is 0 Å². The molecule has 0 bridgehead atoms. The molecule has 6 nitrogen and oxygen atoms in total. The molecule has 0 unspecified atom stereocenters. The van der Waals surface area contributed by atoms with Crippen LogP contribution in [0.2, 0.25) is 10.0 Å². The van der Waals surface area contributed by atoms with Gasteiger partial charge in [0.2, 0.25) is 11.8 Å². The number of amides is 2. The van der Waals surface area contributed by atoms with Gasteiger partial charge in [0.1, 0.15) is 12.1 Å². The second-order valence-electron chi connectivity index (χ2n) is 5.76. The second-order valence-corrected chi connectivity index (χ2v) is 6.61. The van der Waals surface area contributed by atoms with E-state index in [4.69, 9.17) is 23.2 Å². The number of aliphatic carboxylic acids is 1. The third kappa shape index (κ3) is 6.02. The Hall–Kier alpha value is -1.79. The summed E-state index contributed by atoms with van der Waals surface area (Å²) in [4.78, 5) is 35.0. The number of hydrogen-bond acceptors (Lipinski definition) is 3. The smallest absolute Gasteiger partial charge is 0.326 e. The fraction of sp³-hybridized carbons (Fsp3) is 0.438. The lowest BCUT2D eigenvalue weighted by molar-refractivity contribution is -0.142. The first-order chi connectivity index (χ1) is 11.1. The Morgan fingerprint density at radius 2 is 1.79 bits per heavy atom. The summed E-state index contributed by atoms with van der Waals surface area (Å²) in [5.41, 5.74) is 0.550. The molecule has 0 radical (unpaired) electrons. The highest BCUT2D eigenvalue weighted by Crippen LogP contribution is 2.22. The largest absolute Gasteiger partial charge is 0.480 e. The lowest BCUT2D eigenvalue weighted by Gasteiger charge is -2.23. The number of hydrogen-bond donors (Lipinski definition) is 3. The van der Waals surface area contributed by atoms with Crippen molar-refractivity contribution in [3.63, 3.8) is 0 Å². The van der Waals surface area contributed by atoms with Crippen molar-refractivity contribution in [1.29, 1.82) is 0 Å². The predicted molar refractivity (Wildman–Crippen MR) is 92.2 cm³/mol. The van der Waals surface area contributed by atoms with E-state index in [2.05, 4.69) is 10.6 Å². The normalized spacial score (nSPS) is 13.2. The van der Waals surface area contributed by atoms with Gasteiger partial charge in [-0.3, -0.25) is 9.59 Å². The van der Waals surface area contributed by atoms with E-state index in [1.165, 1.54) is 13.0 Å². The molecule has 1 aromatic rings. The Balaban J connectivity index is 2.90. The van der Waals surface area contributed by atoms with Gasteiger partial charge >= 0.3 is 5.97 Å². The van der Waals surface area contributed by atoms with Crippen LogP contribution < -0.4 is 10.6 Å². The van der Waals surface area contributed by atoms with Gasteiger partial charge in [-0.2, -0.15) is 0 Å². The van der Waals surface area contributed by atoms with Crippen molar-refractivity contribution in [2.24, 2.45) is 5.92 Å². The third-order valence-corrected chi connectivity index (χ3v) is 3.95. The maximum atomic E-state index is 12.3. The maximum Gasteiger partial charge on any atom is 0.326 e. The van der Waals surface area contributed by atoms with Crippen molar-refractivity contribution in [3.05, 3.63) is 33.8 Å². The molecule has 0 fully saturated rings. The Kier molecular flexibility index (Phi) is 7.51. The fourth-order valence-corrected chi connectivity index (χ4v) is 2.61. The van der Waals surface area contributed by atoms with Crippen LogP contribution >= 0.6 is 23.2 Å². The van der Waals surface area contributed by atoms with Crippen LogP contribution in [0.3, 0.4) is 0 Å². The number of carbonyl (C=O) groups excluding carboxylic acids is 2. The number of nitrogens with one attached hydrogen (secondary N) is 2. The van der Waals surface area contributed by atoms with Crippen LogP contribution in [-0.4, -0.2) is 35.0 Å². The maximum absolute atomic E-state index is 12.3. The molecule has 1 aromatic carbocycles. The number of halogens is 2. The molecule has 132 valence electrons. The van der Waals surface area contributed by atoms with Crippen LogP contribution in [-0.2, 0) is 20.8 Å². The quantitative estimate of drug-likeness (QED) is 0.681. The van der Waals surface area contributed by atoms with Crippen LogP contribution in [0.5, 0.6) is 0 Å². The third-order valence-electron chi connectivity index (χ3n) is 3.36. The lowest BCUT2D eigenvalue weighted by atomic mass is 10.0. The molecule has 0 spiro atoms. The van der Waals surface area contributed by atoms with E-state index in [9.17, 15) is 19.5 Å². The molecule has 8 heteroatoms. The number of carbonyl (C=O) groups is 3. The molecule has 0 saturated heterocycles. The number of carboxylic acid groups (broad SMARTS) is 1. The first-order valence-corrected chi connectivity index (χ1v) is 8.11. The molecular weight excluding hydrogens is 355 g/mol. The van der Waals surface area contributed by atoms with E-state index < -0.39 is 24.0 Å². The zero-order valence-electron chi connectivity index (χ0n) is 13.6. The molecule has 24 heavy (non-hydrogen) atoms. The SMILES string of the molecule is CC(=O)N[C@@H](C(=O)N[C@H](Cc1ccc(Cl)cc1Cl)C(=O)O)C(C)C. The zero-order chi connectivity index (χ0) is 18.4. The minimum absolute atomic E-state index is 0.00195. The standard InChI is InChI=1S/C16H20Cl2N2O4/c1-8(2)14(19-9(3)21)15(22)20-13(16(23)24)6-10-4-5-11(17)7-12(10)18/h4-5,7-8,13-14H,6H2,1-3H3,(H,19,21)(H,20,22)(H,23,24)/t13-,14-/m1/s1. The molecule has 3 N–H and O–H groups in total. The number of rotatable bonds is 7. The summed E-state index contributed by atoms with van der Waals surface area (Å²) >= 11 is 11.9. The van der Waals surface area contributed by atoms with Gasteiger partial charge in [-0.1, -0.05) is 43.1 Å². The summed E-state index contributed by atoms with van der Waals surface area (Å²) in [5.74, 6) is -2.31. The summed E-state index contributed by atoms with van der Waals surface area (Å²) < 4.78 is 0. The summed E-state index contributed by atoms with van der Waals surface area (Å²) in [6.45, 7) is 4.81. The van der Waals surface area contributed by atoms with E-state index >= 15 is 0 Å². The summed E-state index contributed by atoms with van der Waals surface area (Å²) in [6, 6.07) is 2.72. The Morgan fingerprint density at radius 3 is 2.25 bits per heavy atom. The van der Waals surface area contributed by atoms with E-state index in [1.54, 1.807) is 26.0 Å². The minimum atomic E-state index is -1.19. The monoisotopic (exact) mass is 374 g/mol. The first kappa shape index (κ1) is 20.3. The average molecular weight is 375 g/mol. The number of benzene rings is 1. The summed E-state index contributed by atoms with van der Waals surface area (Å²) in [5, 5.41) is 15.1. The van der Waals surface area contributed by atoms with Gasteiger partial charge in [0.15, 0.2) is 0 Å². The van der Waals surface area contributed by atoms with Crippen molar-refractivity contribution in [3.8, 4) is 0 Å². The molecule has 2 amide bonds. The van der Waals surface area contributed by atoms with Gasteiger partial charge in [0.25, 0.3) is 0 Å². The molecule has 0 aliphatic rings. The topological polar surface area (TPSA) is 95.5 Å². The van der Waals surface area contributed by atoms with E-state index in [-0.39, 0.29) is 18.2 Å². The first-order valence-electron chi connectivity index (χ1n) is 7.36. The Bertz CT molecular complexity index is 635. The number of carboxylic acids is 1. The molecule has 0 aliphatic carbocycles. The van der Waals surface area contributed by atoms with Gasteiger partial charge in [-0.15, -0.1) is 0 Å². The zero-order valence-corrected chi connectivity index (χ0v) is 15.1. The Labute approximate surface area is 150 Å². The van der Waals surface area contributed by atoms with Gasteiger partial charge in [0, 0.05) is 23.4 Å². The minimum Gasteiger partial charge on any atom is -0.480 e. The van der Waals surface area contributed by atoms with Crippen molar-refractivity contribution in [1.82, 2.24) is 10.6 Å². The summed E-state index contributed by atoms with van der Waals surface area (Å²) in [6.07, 6.45) is 0.00195. The van der Waals surface area contributed by atoms with Crippen LogP contribution in [0.1, 0.15) is 26.3 Å². The van der Waals surface area contributed by atoms with Crippen LogP contribution in [0, 0.1) is 5.92 Å². The second kappa shape index (κ2) is 8.89. The average Bonchev–Trinajstić information content (AvgIpc) is 2.45. The van der Waals surface area contributed by atoms with Crippen molar-refractivity contribution >= 4 is 41.0 Å². The van der Waals surface area contributed by atoms with Gasteiger partial charge in [0.05, 0.1) is 0 Å².